The van der Waals surface area contributed by atoms with Crippen LogP contribution in [0.2, 0.25) is 0 Å². The molecule has 16 heavy (non-hydrogen) atoms. The second-order valence-electron chi connectivity index (χ2n) is 4.51. The monoisotopic (exact) mass is 285 g/mol. The summed E-state index contributed by atoms with van der Waals surface area (Å²) in [7, 11) is 0. The minimum atomic E-state index is -0.202. The number of rotatable bonds is 3. The smallest absolute Gasteiger partial charge is 0.239 e. The van der Waals surface area contributed by atoms with Gasteiger partial charge in [-0.3, -0.25) is 4.79 Å². The molecule has 0 aliphatic rings. The Kier molecular flexibility index (Phi) is 4.29. The molecule has 0 aliphatic heterocycles. The number of carbonyl (C=O) groups excluding carboxylic acids is 1. The third-order valence-corrected chi connectivity index (χ3v) is 2.14. The van der Waals surface area contributed by atoms with Gasteiger partial charge < -0.3 is 10.6 Å². The summed E-state index contributed by atoms with van der Waals surface area (Å²) in [5, 5.41) is 5.81. The lowest BCUT2D eigenvalue weighted by atomic mass is 10.1. The topological polar surface area (TPSA) is 54.0 Å². The Balaban J connectivity index is 2.40. The third-order valence-electron chi connectivity index (χ3n) is 1.67. The van der Waals surface area contributed by atoms with Crippen molar-refractivity contribution in [2.75, 3.05) is 11.9 Å². The molecule has 1 heterocycles. The fourth-order valence-corrected chi connectivity index (χ4v) is 1.35. The van der Waals surface area contributed by atoms with Crippen LogP contribution in [0.4, 0.5) is 5.82 Å². The van der Waals surface area contributed by atoms with Crippen molar-refractivity contribution in [2.24, 2.45) is 0 Å². The van der Waals surface area contributed by atoms with Crippen molar-refractivity contribution >= 4 is 27.7 Å². The van der Waals surface area contributed by atoms with E-state index < -0.39 is 0 Å². The number of nitrogens with one attached hydrogen (secondary N) is 2. The van der Waals surface area contributed by atoms with Crippen molar-refractivity contribution in [3.63, 3.8) is 0 Å². The standard InChI is InChI=1S/C11H16BrN3O/c1-11(2,3)15-10(16)7-14-9-5-4-8(12)6-13-9/h4-6H,7H2,1-3H3,(H,13,14)(H,15,16). The minimum absolute atomic E-state index is 0.0442. The summed E-state index contributed by atoms with van der Waals surface area (Å²) in [6.45, 7) is 6.07. The number of amides is 1. The third kappa shape index (κ3) is 5.11. The molecule has 0 unspecified atom stereocenters. The van der Waals surface area contributed by atoms with Gasteiger partial charge in [-0.05, 0) is 48.8 Å². The highest BCUT2D eigenvalue weighted by Gasteiger charge is 2.13. The van der Waals surface area contributed by atoms with Crippen LogP contribution >= 0.6 is 15.9 Å². The quantitative estimate of drug-likeness (QED) is 0.895. The summed E-state index contributed by atoms with van der Waals surface area (Å²) >= 11 is 3.30. The van der Waals surface area contributed by atoms with Crippen molar-refractivity contribution in [1.29, 1.82) is 0 Å². The Labute approximate surface area is 104 Å². The first-order chi connectivity index (χ1) is 7.37. The lowest BCUT2D eigenvalue weighted by Crippen LogP contribution is -2.43. The first-order valence-electron chi connectivity index (χ1n) is 5.03. The Hall–Kier alpha value is -1.10. The molecule has 0 aliphatic carbocycles. The van der Waals surface area contributed by atoms with Gasteiger partial charge in [-0.2, -0.15) is 0 Å². The van der Waals surface area contributed by atoms with Crippen LogP contribution in [0, 0.1) is 0 Å². The van der Waals surface area contributed by atoms with E-state index in [1.54, 1.807) is 6.20 Å². The van der Waals surface area contributed by atoms with Gasteiger partial charge in [-0.15, -0.1) is 0 Å². The van der Waals surface area contributed by atoms with Crippen molar-refractivity contribution in [2.45, 2.75) is 26.3 Å². The first-order valence-corrected chi connectivity index (χ1v) is 5.82. The molecule has 0 saturated heterocycles. The van der Waals surface area contributed by atoms with Gasteiger partial charge in [0.2, 0.25) is 5.91 Å². The number of aromatic nitrogens is 1. The average Bonchev–Trinajstić information content (AvgIpc) is 2.14. The normalized spacial score (nSPS) is 11.0. The second-order valence-corrected chi connectivity index (χ2v) is 5.43. The highest BCUT2D eigenvalue weighted by Crippen LogP contribution is 2.10. The fourth-order valence-electron chi connectivity index (χ4n) is 1.11. The zero-order valence-electron chi connectivity index (χ0n) is 9.67. The van der Waals surface area contributed by atoms with Crippen LogP contribution in [0.5, 0.6) is 0 Å². The van der Waals surface area contributed by atoms with Gasteiger partial charge in [0, 0.05) is 16.2 Å². The Morgan fingerprint density at radius 1 is 1.44 bits per heavy atom. The lowest BCUT2D eigenvalue weighted by Gasteiger charge is -2.20. The molecule has 0 atom stereocenters. The van der Waals surface area contributed by atoms with E-state index in [9.17, 15) is 4.79 Å². The van der Waals surface area contributed by atoms with E-state index in [1.807, 2.05) is 32.9 Å². The summed E-state index contributed by atoms with van der Waals surface area (Å²) in [4.78, 5) is 15.6. The first kappa shape index (κ1) is 13.0. The zero-order chi connectivity index (χ0) is 12.2. The Morgan fingerprint density at radius 3 is 2.62 bits per heavy atom. The number of halogens is 1. The Bertz CT molecular complexity index is 356. The summed E-state index contributed by atoms with van der Waals surface area (Å²) in [5.74, 6) is 0.643. The zero-order valence-corrected chi connectivity index (χ0v) is 11.3. The predicted octanol–water partition coefficient (Wildman–Crippen LogP) is 2.17. The van der Waals surface area contributed by atoms with E-state index >= 15 is 0 Å². The summed E-state index contributed by atoms with van der Waals surface area (Å²) < 4.78 is 0.914. The maximum atomic E-state index is 11.5. The molecule has 0 bridgehead atoms. The maximum absolute atomic E-state index is 11.5. The summed E-state index contributed by atoms with van der Waals surface area (Å²) in [6, 6.07) is 3.69. The highest BCUT2D eigenvalue weighted by molar-refractivity contribution is 9.10. The van der Waals surface area contributed by atoms with E-state index in [1.165, 1.54) is 0 Å². The molecule has 1 amide bonds. The second kappa shape index (κ2) is 5.30. The molecule has 1 rings (SSSR count). The van der Waals surface area contributed by atoms with Gasteiger partial charge >= 0.3 is 0 Å². The molecule has 4 nitrogen and oxygen atoms in total. The minimum Gasteiger partial charge on any atom is -0.361 e. The van der Waals surface area contributed by atoms with Crippen LogP contribution in [0.15, 0.2) is 22.8 Å². The SMILES string of the molecule is CC(C)(C)NC(=O)CNc1ccc(Br)cn1. The van der Waals surface area contributed by atoms with Crippen molar-refractivity contribution in [3.05, 3.63) is 22.8 Å². The number of anilines is 1. The van der Waals surface area contributed by atoms with Gasteiger partial charge in [-0.25, -0.2) is 4.98 Å². The van der Waals surface area contributed by atoms with E-state index in [0.717, 1.165) is 4.47 Å². The molecule has 1 aromatic rings. The maximum Gasteiger partial charge on any atom is 0.239 e. The molecule has 0 saturated carbocycles. The van der Waals surface area contributed by atoms with Crippen molar-refractivity contribution in [1.82, 2.24) is 10.3 Å². The lowest BCUT2D eigenvalue weighted by molar-refractivity contribution is -0.120. The van der Waals surface area contributed by atoms with Crippen LogP contribution < -0.4 is 10.6 Å². The number of pyridine rings is 1. The molecule has 1 aromatic heterocycles. The van der Waals surface area contributed by atoms with Crippen molar-refractivity contribution in [3.8, 4) is 0 Å². The number of hydrogen-bond donors (Lipinski definition) is 2. The molecule has 2 N–H and O–H groups in total. The predicted molar refractivity (Wildman–Crippen MR) is 68.3 cm³/mol. The largest absolute Gasteiger partial charge is 0.361 e. The van der Waals surface area contributed by atoms with Crippen LogP contribution in [-0.4, -0.2) is 23.0 Å². The molecular formula is C11H16BrN3O. The van der Waals surface area contributed by atoms with E-state index in [0.29, 0.717) is 5.82 Å². The molecule has 5 heteroatoms. The van der Waals surface area contributed by atoms with Gasteiger partial charge in [0.05, 0.1) is 6.54 Å². The van der Waals surface area contributed by atoms with Gasteiger partial charge in [-0.1, -0.05) is 0 Å². The Morgan fingerprint density at radius 2 is 2.12 bits per heavy atom. The van der Waals surface area contributed by atoms with Crippen molar-refractivity contribution < 1.29 is 4.79 Å². The highest BCUT2D eigenvalue weighted by atomic mass is 79.9. The van der Waals surface area contributed by atoms with Crippen LogP contribution in [0.1, 0.15) is 20.8 Å². The average molecular weight is 286 g/mol. The molecule has 88 valence electrons. The number of nitrogens with zero attached hydrogens (tertiary/aromatic N) is 1. The van der Waals surface area contributed by atoms with E-state index in [2.05, 4.69) is 31.5 Å². The van der Waals surface area contributed by atoms with Gasteiger partial charge in [0.15, 0.2) is 0 Å². The van der Waals surface area contributed by atoms with E-state index in [-0.39, 0.29) is 18.0 Å². The molecule has 0 fully saturated rings. The molecule has 0 aromatic carbocycles. The number of hydrogen-bond acceptors (Lipinski definition) is 3. The van der Waals surface area contributed by atoms with Crippen LogP contribution in [-0.2, 0) is 4.79 Å². The van der Waals surface area contributed by atoms with Gasteiger partial charge in [0.25, 0.3) is 0 Å². The summed E-state index contributed by atoms with van der Waals surface area (Å²) in [5.41, 5.74) is -0.202. The summed E-state index contributed by atoms with van der Waals surface area (Å²) in [6.07, 6.45) is 1.68. The van der Waals surface area contributed by atoms with Crippen LogP contribution in [0.3, 0.4) is 0 Å². The van der Waals surface area contributed by atoms with Gasteiger partial charge in [0.1, 0.15) is 5.82 Å². The molecule has 0 spiro atoms. The number of carbonyl (C=O) groups is 1. The van der Waals surface area contributed by atoms with E-state index in [4.69, 9.17) is 0 Å². The van der Waals surface area contributed by atoms with Crippen LogP contribution in [0.25, 0.3) is 0 Å². The fraction of sp³-hybridized carbons (Fsp3) is 0.455. The molecular weight excluding hydrogens is 270 g/mol. The molecule has 0 radical (unpaired) electrons.